The highest BCUT2D eigenvalue weighted by atomic mass is 19.3. The smallest absolute Gasteiger partial charge is 0.387 e. The lowest BCUT2D eigenvalue weighted by Gasteiger charge is -2.10. The molecule has 0 radical (unpaired) electrons. The first-order valence-corrected chi connectivity index (χ1v) is 8.70. The lowest BCUT2D eigenvalue weighted by molar-refractivity contribution is -0.386. The van der Waals surface area contributed by atoms with Crippen molar-refractivity contribution in [1.82, 2.24) is 9.78 Å². The molecule has 0 fully saturated rings. The molecule has 3 aromatic rings. The number of benzene rings is 2. The first-order valence-electron chi connectivity index (χ1n) is 8.70. The predicted molar refractivity (Wildman–Crippen MR) is 102 cm³/mol. The van der Waals surface area contributed by atoms with Gasteiger partial charge < -0.3 is 14.8 Å². The van der Waals surface area contributed by atoms with Gasteiger partial charge in [-0.3, -0.25) is 14.9 Å². The molecule has 1 aromatic heterocycles. The molecule has 0 unspecified atom stereocenters. The van der Waals surface area contributed by atoms with Gasteiger partial charge in [-0.25, -0.2) is 9.07 Å². The van der Waals surface area contributed by atoms with Gasteiger partial charge in [-0.1, -0.05) is 0 Å². The minimum absolute atomic E-state index is 0.00430. The Bertz CT molecular complexity index is 1120. The van der Waals surface area contributed by atoms with Crippen molar-refractivity contribution in [1.29, 1.82) is 0 Å². The van der Waals surface area contributed by atoms with E-state index in [1.54, 1.807) is 6.92 Å². The second-order valence-electron chi connectivity index (χ2n) is 6.19. The van der Waals surface area contributed by atoms with Gasteiger partial charge >= 0.3 is 12.3 Å². The number of carbonyl (C=O) groups is 1. The summed E-state index contributed by atoms with van der Waals surface area (Å²) in [7, 11) is 0. The zero-order valence-corrected chi connectivity index (χ0v) is 15.9. The third kappa shape index (κ3) is 5.50. The maximum atomic E-state index is 13.4. The Morgan fingerprint density at radius 2 is 2.03 bits per heavy atom. The van der Waals surface area contributed by atoms with Crippen LogP contribution in [0.4, 0.5) is 24.5 Å². The third-order valence-corrected chi connectivity index (χ3v) is 4.02. The zero-order chi connectivity index (χ0) is 22.5. The Morgan fingerprint density at radius 3 is 2.71 bits per heavy atom. The molecule has 0 bridgehead atoms. The van der Waals surface area contributed by atoms with Crippen molar-refractivity contribution >= 4 is 17.3 Å². The van der Waals surface area contributed by atoms with Crippen LogP contribution >= 0.6 is 0 Å². The van der Waals surface area contributed by atoms with Crippen molar-refractivity contribution in [3.63, 3.8) is 0 Å². The normalized spacial score (nSPS) is 10.7. The number of nitrogens with zero attached hydrogens (tertiary/aromatic N) is 3. The quantitative estimate of drug-likeness (QED) is 0.420. The number of anilines is 1. The summed E-state index contributed by atoms with van der Waals surface area (Å²) in [5.74, 6) is -1.62. The Balaban J connectivity index is 1.65. The Kier molecular flexibility index (Phi) is 6.38. The third-order valence-electron chi connectivity index (χ3n) is 4.02. The summed E-state index contributed by atoms with van der Waals surface area (Å²) in [5, 5.41) is 17.6. The van der Waals surface area contributed by atoms with E-state index in [0.717, 1.165) is 18.2 Å². The number of halogens is 3. The van der Waals surface area contributed by atoms with E-state index >= 15 is 0 Å². The number of nitro benzene ring substituents is 1. The molecule has 0 saturated heterocycles. The molecule has 0 aliphatic heterocycles. The molecule has 3 rings (SSSR count). The van der Waals surface area contributed by atoms with E-state index in [0.29, 0.717) is 11.3 Å². The SMILES string of the molecule is Cc1cc(OC(F)F)ccc1NC(=O)c1ccn(COc2cc(F)ccc2[N+](=O)[O-])n1. The number of ether oxygens (including phenoxy) is 2. The van der Waals surface area contributed by atoms with Gasteiger partial charge in [-0.2, -0.15) is 13.9 Å². The molecule has 0 aliphatic carbocycles. The van der Waals surface area contributed by atoms with Crippen molar-refractivity contribution < 1.29 is 32.4 Å². The number of aryl methyl sites for hydroxylation is 1. The van der Waals surface area contributed by atoms with Crippen LogP contribution in [0.1, 0.15) is 16.1 Å². The van der Waals surface area contributed by atoms with Crippen molar-refractivity contribution in [2.45, 2.75) is 20.3 Å². The van der Waals surface area contributed by atoms with Crippen LogP contribution in [0.5, 0.6) is 11.5 Å². The summed E-state index contributed by atoms with van der Waals surface area (Å²) in [5.41, 5.74) is 0.450. The number of nitro groups is 1. The zero-order valence-electron chi connectivity index (χ0n) is 15.9. The number of amides is 1. The number of aromatic nitrogens is 2. The Morgan fingerprint density at radius 1 is 1.26 bits per heavy atom. The number of rotatable bonds is 8. The van der Waals surface area contributed by atoms with Gasteiger partial charge in [0.25, 0.3) is 5.91 Å². The molecule has 0 spiro atoms. The van der Waals surface area contributed by atoms with Gasteiger partial charge in [-0.15, -0.1) is 0 Å². The molecule has 1 heterocycles. The second kappa shape index (κ2) is 9.15. The molecule has 0 saturated carbocycles. The van der Waals surface area contributed by atoms with E-state index < -0.39 is 28.9 Å². The highest BCUT2D eigenvalue weighted by Gasteiger charge is 2.17. The lowest BCUT2D eigenvalue weighted by atomic mass is 10.2. The molecule has 9 nitrogen and oxygen atoms in total. The Hall–Kier alpha value is -4.09. The Labute approximate surface area is 173 Å². The highest BCUT2D eigenvalue weighted by molar-refractivity contribution is 6.03. The molecule has 0 aliphatic rings. The van der Waals surface area contributed by atoms with Crippen LogP contribution in [0, 0.1) is 22.9 Å². The minimum atomic E-state index is -2.96. The largest absolute Gasteiger partial charge is 0.464 e. The number of carbonyl (C=O) groups excluding carboxylic acids is 1. The fourth-order valence-corrected chi connectivity index (χ4v) is 2.58. The molecular weight excluding hydrogens is 421 g/mol. The summed E-state index contributed by atoms with van der Waals surface area (Å²) in [6, 6.07) is 8.21. The van der Waals surface area contributed by atoms with Gasteiger partial charge in [-0.05, 0) is 42.8 Å². The predicted octanol–water partition coefficient (Wildman–Crippen LogP) is 4.13. The molecule has 31 heavy (non-hydrogen) atoms. The number of hydrogen-bond donors (Lipinski definition) is 1. The maximum absolute atomic E-state index is 13.4. The molecule has 1 N–H and O–H groups in total. The van der Waals surface area contributed by atoms with Gasteiger partial charge in [0, 0.05) is 24.0 Å². The van der Waals surface area contributed by atoms with E-state index in [-0.39, 0.29) is 23.9 Å². The topological polar surface area (TPSA) is 109 Å². The van der Waals surface area contributed by atoms with Gasteiger partial charge in [0.05, 0.1) is 4.92 Å². The van der Waals surface area contributed by atoms with Crippen molar-refractivity contribution in [3.05, 3.63) is 75.9 Å². The van der Waals surface area contributed by atoms with Crippen LogP contribution in [0.2, 0.25) is 0 Å². The summed E-state index contributed by atoms with van der Waals surface area (Å²) >= 11 is 0. The molecule has 12 heteroatoms. The summed E-state index contributed by atoms with van der Waals surface area (Å²) in [6.45, 7) is -1.66. The summed E-state index contributed by atoms with van der Waals surface area (Å²) in [6.07, 6.45) is 1.40. The van der Waals surface area contributed by atoms with Crippen LogP contribution in [0.25, 0.3) is 0 Å². The highest BCUT2D eigenvalue weighted by Crippen LogP contribution is 2.27. The van der Waals surface area contributed by atoms with Crippen LogP contribution in [0.3, 0.4) is 0 Å². The van der Waals surface area contributed by atoms with Crippen molar-refractivity contribution in [2.24, 2.45) is 0 Å². The number of nitrogens with one attached hydrogen (secondary N) is 1. The maximum Gasteiger partial charge on any atom is 0.387 e. The summed E-state index contributed by atoms with van der Waals surface area (Å²) < 4.78 is 48.6. The van der Waals surface area contributed by atoms with E-state index in [9.17, 15) is 28.1 Å². The molecule has 0 atom stereocenters. The first-order chi connectivity index (χ1) is 14.7. The van der Waals surface area contributed by atoms with E-state index in [2.05, 4.69) is 15.2 Å². The molecule has 2 aromatic carbocycles. The number of hydrogen-bond acceptors (Lipinski definition) is 6. The average molecular weight is 436 g/mol. The molecule has 1 amide bonds. The van der Waals surface area contributed by atoms with Gasteiger partial charge in [0.1, 0.15) is 11.6 Å². The van der Waals surface area contributed by atoms with Crippen LogP contribution < -0.4 is 14.8 Å². The van der Waals surface area contributed by atoms with E-state index in [1.807, 2.05) is 0 Å². The van der Waals surface area contributed by atoms with Crippen molar-refractivity contribution in [2.75, 3.05) is 5.32 Å². The average Bonchev–Trinajstić information content (AvgIpc) is 3.17. The van der Waals surface area contributed by atoms with Gasteiger partial charge in [0.15, 0.2) is 12.4 Å². The van der Waals surface area contributed by atoms with Crippen LogP contribution in [-0.2, 0) is 6.73 Å². The van der Waals surface area contributed by atoms with Gasteiger partial charge in [0.2, 0.25) is 5.75 Å². The lowest BCUT2D eigenvalue weighted by Crippen LogP contribution is -2.15. The first kappa shape index (κ1) is 21.6. The second-order valence-corrected chi connectivity index (χ2v) is 6.19. The van der Waals surface area contributed by atoms with Crippen LogP contribution in [0.15, 0.2) is 48.7 Å². The van der Waals surface area contributed by atoms with E-state index in [1.165, 1.54) is 35.1 Å². The monoisotopic (exact) mass is 436 g/mol. The molecule has 162 valence electrons. The number of alkyl halides is 2. The van der Waals surface area contributed by atoms with E-state index in [4.69, 9.17) is 4.74 Å². The fraction of sp³-hybridized carbons (Fsp3) is 0.158. The van der Waals surface area contributed by atoms with Crippen LogP contribution in [-0.4, -0.2) is 27.2 Å². The van der Waals surface area contributed by atoms with Crippen molar-refractivity contribution in [3.8, 4) is 11.5 Å². The molecular formula is C19H15F3N4O5. The summed E-state index contributed by atoms with van der Waals surface area (Å²) in [4.78, 5) is 22.7. The minimum Gasteiger partial charge on any atom is -0.464 e. The standard InChI is InChI=1S/C19H15F3N4O5/c1-11-8-13(31-19(21)22)3-4-14(11)23-18(27)15-6-7-25(24-15)10-30-17-9-12(20)2-5-16(17)26(28)29/h2-9,19H,10H2,1H3,(H,23,27). The fourth-order valence-electron chi connectivity index (χ4n) is 2.58.